The Hall–Kier alpha value is -1.81. The zero-order chi connectivity index (χ0) is 16.1. The molecule has 3 N–H and O–H groups in total. The lowest BCUT2D eigenvalue weighted by Gasteiger charge is -2.24. The molecule has 124 valence electrons. The molecule has 1 heterocycles. The standard InChI is InChI=1S/C19H28N4/c1-15-8-10-17(11-9-15)23-19(16-6-3-2-4-7-16)18(14-22-23)21-13-5-12-20/h8-11,14,16,21H,2-7,12-13,20H2,1H3. The molecular formula is C19H28N4. The number of hydrogen-bond donors (Lipinski definition) is 2. The van der Waals surface area contributed by atoms with Crippen LogP contribution in [0.2, 0.25) is 0 Å². The van der Waals surface area contributed by atoms with Crippen LogP contribution in [-0.4, -0.2) is 22.9 Å². The average Bonchev–Trinajstić information content (AvgIpc) is 3.00. The van der Waals surface area contributed by atoms with Gasteiger partial charge < -0.3 is 11.1 Å². The van der Waals surface area contributed by atoms with Gasteiger partial charge in [0, 0.05) is 12.5 Å². The molecule has 0 amide bonds. The maximum atomic E-state index is 5.62. The van der Waals surface area contributed by atoms with E-state index in [1.165, 1.54) is 49.0 Å². The summed E-state index contributed by atoms with van der Waals surface area (Å²) in [6.07, 6.45) is 9.52. The van der Waals surface area contributed by atoms with E-state index in [4.69, 9.17) is 10.8 Å². The van der Waals surface area contributed by atoms with Gasteiger partial charge in [0.05, 0.1) is 23.3 Å². The van der Waals surface area contributed by atoms with Crippen LogP contribution in [0.25, 0.3) is 5.69 Å². The third-order valence-corrected chi connectivity index (χ3v) is 4.77. The molecule has 1 aliphatic carbocycles. The molecule has 1 saturated carbocycles. The fourth-order valence-corrected chi connectivity index (χ4v) is 3.48. The van der Waals surface area contributed by atoms with Crippen LogP contribution in [0.4, 0.5) is 5.69 Å². The zero-order valence-corrected chi connectivity index (χ0v) is 14.1. The quantitative estimate of drug-likeness (QED) is 0.793. The molecule has 0 spiro atoms. The first-order chi connectivity index (χ1) is 11.3. The lowest BCUT2D eigenvalue weighted by atomic mass is 9.86. The van der Waals surface area contributed by atoms with Gasteiger partial charge in [-0.15, -0.1) is 0 Å². The van der Waals surface area contributed by atoms with Crippen LogP contribution in [-0.2, 0) is 0 Å². The number of rotatable bonds is 6. The molecule has 1 aromatic carbocycles. The Bertz CT molecular complexity index is 609. The molecule has 3 rings (SSSR count). The molecule has 23 heavy (non-hydrogen) atoms. The van der Waals surface area contributed by atoms with Gasteiger partial charge in [-0.1, -0.05) is 37.0 Å². The summed E-state index contributed by atoms with van der Waals surface area (Å²) in [5.74, 6) is 0.605. The van der Waals surface area contributed by atoms with E-state index < -0.39 is 0 Å². The maximum absolute atomic E-state index is 5.62. The number of nitrogens with zero attached hydrogens (tertiary/aromatic N) is 2. The second-order valence-corrected chi connectivity index (χ2v) is 6.59. The van der Waals surface area contributed by atoms with Crippen molar-refractivity contribution in [2.45, 2.75) is 51.4 Å². The van der Waals surface area contributed by atoms with Crippen LogP contribution in [0, 0.1) is 6.92 Å². The van der Waals surface area contributed by atoms with Gasteiger partial charge in [0.1, 0.15) is 0 Å². The largest absolute Gasteiger partial charge is 0.382 e. The summed E-state index contributed by atoms with van der Waals surface area (Å²) in [6.45, 7) is 3.75. The Morgan fingerprint density at radius 1 is 1.17 bits per heavy atom. The Morgan fingerprint density at radius 2 is 1.91 bits per heavy atom. The minimum atomic E-state index is 0.605. The summed E-state index contributed by atoms with van der Waals surface area (Å²) in [4.78, 5) is 0. The average molecular weight is 312 g/mol. The number of aromatic nitrogens is 2. The molecule has 0 unspecified atom stereocenters. The van der Waals surface area contributed by atoms with Gasteiger partial charge in [-0.25, -0.2) is 4.68 Å². The zero-order valence-electron chi connectivity index (χ0n) is 14.1. The first kappa shape index (κ1) is 16.1. The summed E-state index contributed by atoms with van der Waals surface area (Å²) < 4.78 is 2.14. The smallest absolute Gasteiger partial charge is 0.0766 e. The van der Waals surface area contributed by atoms with Gasteiger partial charge in [-0.2, -0.15) is 5.10 Å². The minimum absolute atomic E-state index is 0.605. The first-order valence-electron chi connectivity index (χ1n) is 8.88. The summed E-state index contributed by atoms with van der Waals surface area (Å²) in [7, 11) is 0. The van der Waals surface area contributed by atoms with Crippen molar-refractivity contribution in [3.05, 3.63) is 41.7 Å². The van der Waals surface area contributed by atoms with Crippen molar-refractivity contribution in [2.75, 3.05) is 18.4 Å². The number of nitrogens with one attached hydrogen (secondary N) is 1. The van der Waals surface area contributed by atoms with Gasteiger partial charge in [-0.3, -0.25) is 0 Å². The van der Waals surface area contributed by atoms with Gasteiger partial charge in [0.2, 0.25) is 0 Å². The predicted molar refractivity (Wildman–Crippen MR) is 96.3 cm³/mol. The summed E-state index contributed by atoms with van der Waals surface area (Å²) in [5.41, 5.74) is 10.6. The van der Waals surface area contributed by atoms with Gasteiger partial charge in [0.25, 0.3) is 0 Å². The van der Waals surface area contributed by atoms with Gasteiger partial charge >= 0.3 is 0 Å². The Kier molecular flexibility index (Phi) is 5.34. The molecule has 0 atom stereocenters. The number of benzene rings is 1. The number of hydrogen-bond acceptors (Lipinski definition) is 3. The van der Waals surface area contributed by atoms with Crippen molar-refractivity contribution in [1.29, 1.82) is 0 Å². The Labute approximate surface area is 139 Å². The van der Waals surface area contributed by atoms with Crippen LogP contribution >= 0.6 is 0 Å². The molecule has 1 aliphatic rings. The second kappa shape index (κ2) is 7.64. The molecular weight excluding hydrogens is 284 g/mol. The van der Waals surface area contributed by atoms with Crippen molar-refractivity contribution < 1.29 is 0 Å². The fraction of sp³-hybridized carbons (Fsp3) is 0.526. The van der Waals surface area contributed by atoms with E-state index in [0.29, 0.717) is 5.92 Å². The van der Waals surface area contributed by atoms with Crippen molar-refractivity contribution in [3.63, 3.8) is 0 Å². The monoisotopic (exact) mass is 312 g/mol. The highest BCUT2D eigenvalue weighted by Gasteiger charge is 2.23. The first-order valence-corrected chi connectivity index (χ1v) is 8.88. The number of anilines is 1. The Morgan fingerprint density at radius 3 is 2.61 bits per heavy atom. The third-order valence-electron chi connectivity index (χ3n) is 4.77. The SMILES string of the molecule is Cc1ccc(-n2ncc(NCCCN)c2C2CCCCC2)cc1. The molecule has 2 aromatic rings. The normalized spacial score (nSPS) is 15.7. The predicted octanol–water partition coefficient (Wildman–Crippen LogP) is 3.99. The topological polar surface area (TPSA) is 55.9 Å². The van der Waals surface area contributed by atoms with Crippen LogP contribution in [0.3, 0.4) is 0 Å². The molecule has 1 aromatic heterocycles. The van der Waals surface area contributed by atoms with E-state index in [-0.39, 0.29) is 0 Å². The summed E-state index contributed by atoms with van der Waals surface area (Å²) >= 11 is 0. The second-order valence-electron chi connectivity index (χ2n) is 6.59. The van der Waals surface area contributed by atoms with Gasteiger partial charge in [-0.05, 0) is 44.9 Å². The van der Waals surface area contributed by atoms with E-state index >= 15 is 0 Å². The highest BCUT2D eigenvalue weighted by Crippen LogP contribution is 2.37. The molecule has 4 heteroatoms. The van der Waals surface area contributed by atoms with E-state index in [1.807, 2.05) is 6.20 Å². The van der Waals surface area contributed by atoms with E-state index in [1.54, 1.807) is 0 Å². The molecule has 0 saturated heterocycles. The summed E-state index contributed by atoms with van der Waals surface area (Å²) in [5, 5.41) is 8.24. The third kappa shape index (κ3) is 3.75. The van der Waals surface area contributed by atoms with Crippen LogP contribution in [0.5, 0.6) is 0 Å². The van der Waals surface area contributed by atoms with Crippen molar-refractivity contribution >= 4 is 5.69 Å². The van der Waals surface area contributed by atoms with Crippen molar-refractivity contribution in [1.82, 2.24) is 9.78 Å². The van der Waals surface area contributed by atoms with Crippen LogP contribution < -0.4 is 11.1 Å². The van der Waals surface area contributed by atoms with Crippen LogP contribution in [0.15, 0.2) is 30.5 Å². The Balaban J connectivity index is 1.92. The van der Waals surface area contributed by atoms with Crippen molar-refractivity contribution in [2.24, 2.45) is 5.73 Å². The lowest BCUT2D eigenvalue weighted by Crippen LogP contribution is -2.14. The molecule has 0 aliphatic heterocycles. The lowest BCUT2D eigenvalue weighted by molar-refractivity contribution is 0.430. The highest BCUT2D eigenvalue weighted by atomic mass is 15.3. The van der Waals surface area contributed by atoms with Gasteiger partial charge in [0.15, 0.2) is 0 Å². The molecule has 1 fully saturated rings. The van der Waals surface area contributed by atoms with E-state index in [9.17, 15) is 0 Å². The summed E-state index contributed by atoms with van der Waals surface area (Å²) in [6, 6.07) is 8.64. The molecule has 4 nitrogen and oxygen atoms in total. The van der Waals surface area contributed by atoms with E-state index in [0.717, 1.165) is 25.2 Å². The molecule has 0 bridgehead atoms. The minimum Gasteiger partial charge on any atom is -0.382 e. The number of aryl methyl sites for hydroxylation is 1. The molecule has 0 radical (unpaired) electrons. The number of nitrogens with two attached hydrogens (primary N) is 1. The van der Waals surface area contributed by atoms with Crippen LogP contribution in [0.1, 0.15) is 55.7 Å². The van der Waals surface area contributed by atoms with E-state index in [2.05, 4.69) is 41.2 Å². The fourth-order valence-electron chi connectivity index (χ4n) is 3.48. The maximum Gasteiger partial charge on any atom is 0.0766 e. The highest BCUT2D eigenvalue weighted by molar-refractivity contribution is 5.52. The van der Waals surface area contributed by atoms with Crippen molar-refractivity contribution in [3.8, 4) is 5.69 Å².